The van der Waals surface area contributed by atoms with Crippen molar-refractivity contribution in [2.75, 3.05) is 6.61 Å². The molecule has 0 saturated heterocycles. The van der Waals surface area contributed by atoms with E-state index in [1.807, 2.05) is 20.8 Å². The number of rotatable bonds is 5. The third-order valence-corrected chi connectivity index (χ3v) is 3.74. The van der Waals surface area contributed by atoms with Gasteiger partial charge in [-0.05, 0) is 34.6 Å². The number of hydrogen-bond acceptors (Lipinski definition) is 4. The molecular formula is C13H21F3N2OS. The summed E-state index contributed by atoms with van der Waals surface area (Å²) in [7, 11) is 0. The van der Waals surface area contributed by atoms with E-state index >= 15 is 0 Å². The molecule has 0 amide bonds. The highest BCUT2D eigenvalue weighted by Crippen LogP contribution is 2.36. The zero-order valence-electron chi connectivity index (χ0n) is 12.4. The molecule has 0 saturated carbocycles. The Bertz CT molecular complexity index is 438. The van der Waals surface area contributed by atoms with Crippen molar-refractivity contribution in [2.45, 2.75) is 59.0 Å². The lowest BCUT2D eigenvalue weighted by molar-refractivity contribution is -0.141. The minimum absolute atomic E-state index is 0.148. The predicted octanol–water partition coefficient (Wildman–Crippen LogP) is 4.15. The van der Waals surface area contributed by atoms with Crippen LogP contribution in [-0.2, 0) is 17.5 Å². The second kappa shape index (κ2) is 6.41. The Balaban J connectivity index is 3.01. The molecule has 116 valence electrons. The fourth-order valence-corrected chi connectivity index (χ4v) is 2.58. The third-order valence-electron chi connectivity index (χ3n) is 2.53. The summed E-state index contributed by atoms with van der Waals surface area (Å²) in [5.41, 5.74) is -1.06. The molecule has 0 aliphatic rings. The maximum Gasteiger partial charge on any atom is 0.434 e. The van der Waals surface area contributed by atoms with E-state index in [2.05, 4.69) is 10.3 Å². The van der Waals surface area contributed by atoms with Crippen molar-refractivity contribution in [3.8, 4) is 0 Å². The highest BCUT2D eigenvalue weighted by Gasteiger charge is 2.38. The van der Waals surface area contributed by atoms with Crippen molar-refractivity contribution in [1.29, 1.82) is 0 Å². The van der Waals surface area contributed by atoms with Crippen LogP contribution in [-0.4, -0.2) is 17.1 Å². The van der Waals surface area contributed by atoms with Crippen LogP contribution in [0.1, 0.15) is 56.3 Å². The van der Waals surface area contributed by atoms with Crippen LogP contribution in [0.3, 0.4) is 0 Å². The van der Waals surface area contributed by atoms with Gasteiger partial charge in [-0.2, -0.15) is 13.2 Å². The topological polar surface area (TPSA) is 34.1 Å². The summed E-state index contributed by atoms with van der Waals surface area (Å²) in [6.45, 7) is 9.83. The molecule has 1 atom stereocenters. The third kappa shape index (κ3) is 5.03. The van der Waals surface area contributed by atoms with Crippen LogP contribution >= 0.6 is 11.3 Å². The van der Waals surface area contributed by atoms with E-state index in [1.165, 1.54) is 0 Å². The Morgan fingerprint density at radius 3 is 2.35 bits per heavy atom. The maximum atomic E-state index is 13.0. The molecule has 1 heterocycles. The van der Waals surface area contributed by atoms with Crippen LogP contribution < -0.4 is 5.32 Å². The molecule has 0 aliphatic carbocycles. The fourth-order valence-electron chi connectivity index (χ4n) is 1.55. The quantitative estimate of drug-likeness (QED) is 0.887. The second-order valence-corrected chi connectivity index (χ2v) is 6.64. The number of nitrogens with zero attached hydrogens (tertiary/aromatic N) is 1. The number of ether oxygens (including phenoxy) is 1. The largest absolute Gasteiger partial charge is 0.434 e. The predicted molar refractivity (Wildman–Crippen MR) is 73.7 cm³/mol. The van der Waals surface area contributed by atoms with E-state index in [4.69, 9.17) is 4.74 Å². The van der Waals surface area contributed by atoms with E-state index in [-0.39, 0.29) is 17.0 Å². The molecule has 1 aromatic heterocycles. The summed E-state index contributed by atoms with van der Waals surface area (Å²) in [4.78, 5) is 3.93. The summed E-state index contributed by atoms with van der Waals surface area (Å²) in [5, 5.41) is 3.43. The second-order valence-electron chi connectivity index (χ2n) is 5.52. The van der Waals surface area contributed by atoms with Crippen molar-refractivity contribution in [2.24, 2.45) is 0 Å². The summed E-state index contributed by atoms with van der Waals surface area (Å²) in [6.07, 6.45) is -4.86. The molecule has 0 aromatic carbocycles. The molecular weight excluding hydrogens is 289 g/mol. The van der Waals surface area contributed by atoms with E-state index in [0.717, 1.165) is 11.3 Å². The van der Waals surface area contributed by atoms with Gasteiger partial charge in [0, 0.05) is 18.7 Å². The van der Waals surface area contributed by atoms with Crippen LogP contribution in [0.5, 0.6) is 0 Å². The van der Waals surface area contributed by atoms with Gasteiger partial charge in [0.05, 0.1) is 4.88 Å². The fraction of sp³-hybridized carbons (Fsp3) is 0.769. The Kier molecular flexibility index (Phi) is 5.57. The average molecular weight is 310 g/mol. The van der Waals surface area contributed by atoms with Gasteiger partial charge in [0.2, 0.25) is 0 Å². The summed E-state index contributed by atoms with van der Waals surface area (Å²) < 4.78 is 44.3. The van der Waals surface area contributed by atoms with E-state index < -0.39 is 18.0 Å². The highest BCUT2D eigenvalue weighted by atomic mass is 32.1. The smallest absolute Gasteiger partial charge is 0.372 e. The zero-order chi connectivity index (χ0) is 15.6. The molecule has 1 rings (SSSR count). The number of thiazole rings is 1. The highest BCUT2D eigenvalue weighted by molar-refractivity contribution is 7.11. The Morgan fingerprint density at radius 2 is 1.90 bits per heavy atom. The lowest BCUT2D eigenvalue weighted by Crippen LogP contribution is -2.35. The molecule has 0 fully saturated rings. The summed E-state index contributed by atoms with van der Waals surface area (Å²) >= 11 is 1.06. The number of alkyl halides is 3. The van der Waals surface area contributed by atoms with Gasteiger partial charge in [-0.1, -0.05) is 0 Å². The normalized spacial score (nSPS) is 14.6. The number of halogens is 3. The Hall–Kier alpha value is -0.660. The van der Waals surface area contributed by atoms with Gasteiger partial charge >= 0.3 is 6.18 Å². The van der Waals surface area contributed by atoms with Crippen LogP contribution in [0.25, 0.3) is 0 Å². The number of hydrogen-bond donors (Lipinski definition) is 1. The molecule has 0 spiro atoms. The summed E-state index contributed by atoms with van der Waals surface area (Å²) in [6, 6.07) is 0. The molecule has 0 radical (unpaired) electrons. The number of aromatic nitrogens is 1. The van der Waals surface area contributed by atoms with Crippen LogP contribution in [0.15, 0.2) is 0 Å². The standard InChI is InChI=1S/C13H21F3N2OS/c1-6-19-8(2)11-18-10(13(14,15)16)9(20-11)7-17-12(3,4)5/h8,17H,6-7H2,1-5H3. The average Bonchev–Trinajstić information content (AvgIpc) is 2.69. The van der Waals surface area contributed by atoms with Gasteiger partial charge in [-0.15, -0.1) is 11.3 Å². The van der Waals surface area contributed by atoms with Crippen LogP contribution in [0, 0.1) is 0 Å². The lowest BCUT2D eigenvalue weighted by Gasteiger charge is -2.20. The van der Waals surface area contributed by atoms with Crippen molar-refractivity contribution in [1.82, 2.24) is 10.3 Å². The van der Waals surface area contributed by atoms with Crippen molar-refractivity contribution >= 4 is 11.3 Å². The first-order chi connectivity index (χ1) is 9.04. The van der Waals surface area contributed by atoms with Crippen molar-refractivity contribution < 1.29 is 17.9 Å². The monoisotopic (exact) mass is 310 g/mol. The molecule has 1 N–H and O–H groups in total. The molecule has 20 heavy (non-hydrogen) atoms. The Labute approximate surface area is 121 Å². The summed E-state index contributed by atoms with van der Waals surface area (Å²) in [5.74, 6) is 0. The minimum Gasteiger partial charge on any atom is -0.372 e. The van der Waals surface area contributed by atoms with Gasteiger partial charge in [0.25, 0.3) is 0 Å². The molecule has 0 bridgehead atoms. The first-order valence-corrected chi connectivity index (χ1v) is 7.29. The molecule has 0 aliphatic heterocycles. The lowest BCUT2D eigenvalue weighted by atomic mass is 10.1. The minimum atomic E-state index is -4.43. The number of nitrogens with one attached hydrogen (secondary N) is 1. The van der Waals surface area contributed by atoms with Crippen LogP contribution in [0.2, 0.25) is 0 Å². The SMILES string of the molecule is CCOC(C)c1nc(C(F)(F)F)c(CNC(C)(C)C)s1. The zero-order valence-corrected chi connectivity index (χ0v) is 13.2. The van der Waals surface area contributed by atoms with Crippen molar-refractivity contribution in [3.63, 3.8) is 0 Å². The Morgan fingerprint density at radius 1 is 1.30 bits per heavy atom. The van der Waals surface area contributed by atoms with E-state index in [1.54, 1.807) is 13.8 Å². The van der Waals surface area contributed by atoms with E-state index in [0.29, 0.717) is 11.6 Å². The maximum absolute atomic E-state index is 13.0. The first kappa shape index (κ1) is 17.4. The van der Waals surface area contributed by atoms with Gasteiger partial charge < -0.3 is 10.1 Å². The van der Waals surface area contributed by atoms with Gasteiger partial charge in [-0.25, -0.2) is 4.98 Å². The van der Waals surface area contributed by atoms with Gasteiger partial charge in [-0.3, -0.25) is 0 Å². The van der Waals surface area contributed by atoms with Crippen LogP contribution in [0.4, 0.5) is 13.2 Å². The van der Waals surface area contributed by atoms with Gasteiger partial charge in [0.1, 0.15) is 11.1 Å². The van der Waals surface area contributed by atoms with E-state index in [9.17, 15) is 13.2 Å². The van der Waals surface area contributed by atoms with Crippen molar-refractivity contribution in [3.05, 3.63) is 15.6 Å². The van der Waals surface area contributed by atoms with Gasteiger partial charge in [0.15, 0.2) is 5.69 Å². The molecule has 3 nitrogen and oxygen atoms in total. The molecule has 1 unspecified atom stereocenters. The first-order valence-electron chi connectivity index (χ1n) is 6.48. The molecule has 7 heteroatoms. The molecule has 1 aromatic rings.